The molecule has 0 atom stereocenters. The molecule has 23 heavy (non-hydrogen) atoms. The molecule has 0 unspecified atom stereocenters. The summed E-state index contributed by atoms with van der Waals surface area (Å²) in [5.74, 6) is -0.0287. The van der Waals surface area contributed by atoms with Crippen LogP contribution < -0.4 is 5.32 Å². The van der Waals surface area contributed by atoms with Gasteiger partial charge in [0.15, 0.2) is 0 Å². The predicted molar refractivity (Wildman–Crippen MR) is 88.0 cm³/mol. The zero-order valence-electron chi connectivity index (χ0n) is 13.0. The summed E-state index contributed by atoms with van der Waals surface area (Å²) < 4.78 is 10.2. The fraction of sp³-hybridized carbons (Fsp3) is 0.222. The SMILES string of the molecule is CCCCOC(=O)c1ccc(NC(=O)/C=C/c2ccco2)cc1. The maximum absolute atomic E-state index is 11.8. The van der Waals surface area contributed by atoms with E-state index in [1.54, 1.807) is 42.5 Å². The molecule has 1 aromatic carbocycles. The molecule has 0 spiro atoms. The van der Waals surface area contributed by atoms with Crippen molar-refractivity contribution in [2.45, 2.75) is 19.8 Å². The van der Waals surface area contributed by atoms with Crippen LogP contribution in [-0.2, 0) is 9.53 Å². The number of carbonyl (C=O) groups is 2. The number of furan rings is 1. The van der Waals surface area contributed by atoms with E-state index in [0.29, 0.717) is 23.6 Å². The number of nitrogens with one attached hydrogen (secondary N) is 1. The molecule has 5 heteroatoms. The highest BCUT2D eigenvalue weighted by Crippen LogP contribution is 2.11. The minimum Gasteiger partial charge on any atom is -0.465 e. The molecule has 0 radical (unpaired) electrons. The van der Waals surface area contributed by atoms with E-state index in [1.807, 2.05) is 6.92 Å². The smallest absolute Gasteiger partial charge is 0.338 e. The number of rotatable bonds is 7. The van der Waals surface area contributed by atoms with E-state index in [-0.39, 0.29) is 11.9 Å². The molecule has 0 aliphatic rings. The van der Waals surface area contributed by atoms with Crippen LogP contribution in [0.15, 0.2) is 53.2 Å². The highest BCUT2D eigenvalue weighted by molar-refractivity contribution is 6.02. The molecule has 0 bridgehead atoms. The molecule has 0 fully saturated rings. The summed E-state index contributed by atoms with van der Waals surface area (Å²) in [4.78, 5) is 23.5. The van der Waals surface area contributed by atoms with Crippen molar-refractivity contribution in [2.75, 3.05) is 11.9 Å². The summed E-state index contributed by atoms with van der Waals surface area (Å²) in [5, 5.41) is 2.70. The van der Waals surface area contributed by atoms with Crippen molar-refractivity contribution in [3.8, 4) is 0 Å². The second-order valence-electron chi connectivity index (χ2n) is 4.90. The van der Waals surface area contributed by atoms with E-state index in [9.17, 15) is 9.59 Å². The van der Waals surface area contributed by atoms with E-state index in [1.165, 1.54) is 12.3 Å². The van der Waals surface area contributed by atoms with Crippen LogP contribution in [0.3, 0.4) is 0 Å². The van der Waals surface area contributed by atoms with E-state index < -0.39 is 0 Å². The van der Waals surface area contributed by atoms with Gasteiger partial charge in [0, 0.05) is 11.8 Å². The molecular weight excluding hydrogens is 294 g/mol. The van der Waals surface area contributed by atoms with Crippen LogP contribution >= 0.6 is 0 Å². The lowest BCUT2D eigenvalue weighted by molar-refractivity contribution is -0.111. The Morgan fingerprint density at radius 2 is 2.00 bits per heavy atom. The Morgan fingerprint density at radius 1 is 1.22 bits per heavy atom. The fourth-order valence-corrected chi connectivity index (χ4v) is 1.81. The Bertz CT molecular complexity index is 657. The number of hydrogen-bond donors (Lipinski definition) is 1. The van der Waals surface area contributed by atoms with Crippen LogP contribution in [0.1, 0.15) is 35.9 Å². The maximum Gasteiger partial charge on any atom is 0.338 e. The van der Waals surface area contributed by atoms with Crippen molar-refractivity contribution >= 4 is 23.6 Å². The molecule has 0 saturated heterocycles. The lowest BCUT2D eigenvalue weighted by Crippen LogP contribution is -2.09. The number of unbranched alkanes of at least 4 members (excludes halogenated alkanes) is 1. The summed E-state index contributed by atoms with van der Waals surface area (Å²) >= 11 is 0. The quantitative estimate of drug-likeness (QED) is 0.478. The Labute approximate surface area is 134 Å². The van der Waals surface area contributed by atoms with Gasteiger partial charge in [-0.1, -0.05) is 13.3 Å². The van der Waals surface area contributed by atoms with Crippen LogP contribution in [0.5, 0.6) is 0 Å². The van der Waals surface area contributed by atoms with Gasteiger partial charge >= 0.3 is 5.97 Å². The Morgan fingerprint density at radius 3 is 2.65 bits per heavy atom. The molecular formula is C18H19NO4. The molecule has 2 aromatic rings. The van der Waals surface area contributed by atoms with Crippen molar-refractivity contribution in [1.29, 1.82) is 0 Å². The van der Waals surface area contributed by atoms with Crippen LogP contribution in [0.2, 0.25) is 0 Å². The number of ether oxygens (including phenoxy) is 1. The first-order valence-electron chi connectivity index (χ1n) is 7.49. The maximum atomic E-state index is 11.8. The summed E-state index contributed by atoms with van der Waals surface area (Å²) in [6.45, 7) is 2.46. The normalized spacial score (nSPS) is 10.7. The molecule has 0 saturated carbocycles. The molecule has 1 N–H and O–H groups in total. The number of anilines is 1. The van der Waals surface area contributed by atoms with Gasteiger partial charge in [0.2, 0.25) is 5.91 Å². The Hall–Kier alpha value is -2.82. The topological polar surface area (TPSA) is 68.5 Å². The van der Waals surface area contributed by atoms with E-state index in [2.05, 4.69) is 5.32 Å². The first kappa shape index (κ1) is 16.5. The van der Waals surface area contributed by atoms with Gasteiger partial charge in [-0.05, 0) is 48.9 Å². The Balaban J connectivity index is 1.87. The number of esters is 1. The third-order valence-corrected chi connectivity index (χ3v) is 3.06. The third kappa shape index (κ3) is 5.47. The van der Waals surface area contributed by atoms with Gasteiger partial charge in [-0.25, -0.2) is 4.79 Å². The number of carbonyl (C=O) groups excluding carboxylic acids is 2. The van der Waals surface area contributed by atoms with Crippen molar-refractivity contribution in [2.24, 2.45) is 0 Å². The van der Waals surface area contributed by atoms with Gasteiger partial charge in [0.1, 0.15) is 5.76 Å². The molecule has 1 aromatic heterocycles. The number of hydrogen-bond acceptors (Lipinski definition) is 4. The van der Waals surface area contributed by atoms with Crippen molar-refractivity contribution < 1.29 is 18.7 Å². The zero-order chi connectivity index (χ0) is 16.5. The predicted octanol–water partition coefficient (Wildman–Crippen LogP) is 3.89. The highest BCUT2D eigenvalue weighted by atomic mass is 16.5. The Kier molecular flexibility index (Phi) is 6.17. The molecule has 1 heterocycles. The van der Waals surface area contributed by atoms with E-state index in [4.69, 9.17) is 9.15 Å². The summed E-state index contributed by atoms with van der Waals surface area (Å²) in [5.41, 5.74) is 1.06. The van der Waals surface area contributed by atoms with Gasteiger partial charge in [-0.15, -0.1) is 0 Å². The molecule has 5 nitrogen and oxygen atoms in total. The van der Waals surface area contributed by atoms with Crippen molar-refractivity contribution in [3.05, 3.63) is 60.1 Å². The molecule has 0 aliphatic heterocycles. The summed E-state index contributed by atoms with van der Waals surface area (Å²) in [7, 11) is 0. The zero-order valence-corrected chi connectivity index (χ0v) is 13.0. The second-order valence-corrected chi connectivity index (χ2v) is 4.90. The standard InChI is InChI=1S/C18H19NO4/c1-2-3-12-23-18(21)14-6-8-15(9-7-14)19-17(20)11-10-16-5-4-13-22-16/h4-11,13H,2-3,12H2,1H3,(H,19,20)/b11-10+. The molecule has 0 aliphatic carbocycles. The van der Waals surface area contributed by atoms with Crippen LogP contribution in [0, 0.1) is 0 Å². The van der Waals surface area contributed by atoms with Crippen molar-refractivity contribution in [1.82, 2.24) is 0 Å². The van der Waals surface area contributed by atoms with Gasteiger partial charge in [-0.3, -0.25) is 4.79 Å². The van der Waals surface area contributed by atoms with E-state index in [0.717, 1.165) is 12.8 Å². The average Bonchev–Trinajstić information content (AvgIpc) is 3.07. The first-order valence-corrected chi connectivity index (χ1v) is 7.49. The largest absolute Gasteiger partial charge is 0.465 e. The number of amides is 1. The van der Waals surface area contributed by atoms with Crippen LogP contribution in [0.4, 0.5) is 5.69 Å². The third-order valence-electron chi connectivity index (χ3n) is 3.06. The summed E-state index contributed by atoms with van der Waals surface area (Å²) in [6, 6.07) is 10.1. The minimum absolute atomic E-state index is 0.278. The average molecular weight is 313 g/mol. The molecule has 1 amide bonds. The van der Waals surface area contributed by atoms with Gasteiger partial charge in [0.05, 0.1) is 18.4 Å². The minimum atomic E-state index is -0.353. The van der Waals surface area contributed by atoms with Gasteiger partial charge in [-0.2, -0.15) is 0 Å². The van der Waals surface area contributed by atoms with Crippen LogP contribution in [0.25, 0.3) is 6.08 Å². The monoisotopic (exact) mass is 313 g/mol. The summed E-state index contributed by atoms with van der Waals surface area (Å²) in [6.07, 6.45) is 6.32. The van der Waals surface area contributed by atoms with E-state index >= 15 is 0 Å². The fourth-order valence-electron chi connectivity index (χ4n) is 1.81. The van der Waals surface area contributed by atoms with Gasteiger partial charge < -0.3 is 14.5 Å². The second kappa shape index (κ2) is 8.58. The van der Waals surface area contributed by atoms with Crippen LogP contribution in [-0.4, -0.2) is 18.5 Å². The number of benzene rings is 1. The van der Waals surface area contributed by atoms with Gasteiger partial charge in [0.25, 0.3) is 0 Å². The lowest BCUT2D eigenvalue weighted by Gasteiger charge is -2.05. The van der Waals surface area contributed by atoms with Crippen molar-refractivity contribution in [3.63, 3.8) is 0 Å². The molecule has 2 rings (SSSR count). The highest BCUT2D eigenvalue weighted by Gasteiger charge is 2.07. The molecule has 120 valence electrons. The first-order chi connectivity index (χ1) is 11.2. The lowest BCUT2D eigenvalue weighted by atomic mass is 10.2.